The van der Waals surface area contributed by atoms with Gasteiger partial charge in [0.2, 0.25) is 5.91 Å². The van der Waals surface area contributed by atoms with Gasteiger partial charge in [0.05, 0.1) is 27.4 Å². The normalized spacial score (nSPS) is 10.6. The van der Waals surface area contributed by atoms with E-state index in [0.29, 0.717) is 69.5 Å². The predicted octanol–water partition coefficient (Wildman–Crippen LogP) is 5.70. The number of nitrogens with zero attached hydrogens (tertiary/aromatic N) is 2. The first-order valence-corrected chi connectivity index (χ1v) is 14.7. The zero-order valence-corrected chi connectivity index (χ0v) is 25.2. The largest absolute Gasteiger partial charge is 0.494 e. The van der Waals surface area contributed by atoms with Crippen LogP contribution in [0.3, 0.4) is 0 Å². The van der Waals surface area contributed by atoms with E-state index in [1.165, 1.54) is 0 Å². The number of ether oxygens (including phenoxy) is 4. The fourth-order valence-electron chi connectivity index (χ4n) is 4.20. The second-order valence-corrected chi connectivity index (χ2v) is 10.2. The van der Waals surface area contributed by atoms with Gasteiger partial charge in [-0.25, -0.2) is 4.79 Å². The van der Waals surface area contributed by atoms with Crippen molar-refractivity contribution in [1.82, 2.24) is 9.80 Å². The second-order valence-electron chi connectivity index (χ2n) is 9.19. The highest BCUT2D eigenvalue weighted by molar-refractivity contribution is 7.09. The molecule has 10 heteroatoms. The standard InChI is InChI=1S/C31H41N3O6S/c1-5-39-19-8-17-34(31(36)32-25-11-13-26(14-12-25)40-6-2)23-30(35)33(22-27-9-7-20-41-27)18-16-24-10-15-28(37-3)29(21-24)38-4/h7,9-15,20-21H,5-6,8,16-19,22-23H2,1-4H3,(H,32,36). The number of hydrogen-bond acceptors (Lipinski definition) is 7. The van der Waals surface area contributed by atoms with Gasteiger partial charge in [-0.3, -0.25) is 4.79 Å². The first-order chi connectivity index (χ1) is 20.0. The lowest BCUT2D eigenvalue weighted by Crippen LogP contribution is -2.45. The van der Waals surface area contributed by atoms with Crippen LogP contribution in [-0.4, -0.2) is 75.4 Å². The molecule has 0 radical (unpaired) electrons. The molecule has 0 spiro atoms. The fourth-order valence-corrected chi connectivity index (χ4v) is 4.92. The maximum absolute atomic E-state index is 13.7. The number of thiophene rings is 1. The van der Waals surface area contributed by atoms with E-state index in [0.717, 1.165) is 16.2 Å². The van der Waals surface area contributed by atoms with Crippen LogP contribution in [0.4, 0.5) is 10.5 Å². The van der Waals surface area contributed by atoms with Crippen molar-refractivity contribution in [3.05, 3.63) is 70.4 Å². The van der Waals surface area contributed by atoms with E-state index in [-0.39, 0.29) is 18.5 Å². The first-order valence-electron chi connectivity index (χ1n) is 13.8. The number of nitrogens with one attached hydrogen (secondary N) is 1. The molecule has 1 aromatic heterocycles. The molecule has 2 aromatic carbocycles. The Labute approximate surface area is 247 Å². The van der Waals surface area contributed by atoms with Crippen LogP contribution in [0.2, 0.25) is 0 Å². The Hall–Kier alpha value is -3.76. The molecule has 0 aliphatic heterocycles. The van der Waals surface area contributed by atoms with Gasteiger partial charge in [-0.15, -0.1) is 11.3 Å². The lowest BCUT2D eigenvalue weighted by molar-refractivity contribution is -0.132. The molecular formula is C31H41N3O6S. The molecule has 3 rings (SSSR count). The lowest BCUT2D eigenvalue weighted by Gasteiger charge is -2.28. The monoisotopic (exact) mass is 583 g/mol. The summed E-state index contributed by atoms with van der Waals surface area (Å²) >= 11 is 1.60. The molecule has 3 amide bonds. The number of hydrogen-bond donors (Lipinski definition) is 1. The van der Waals surface area contributed by atoms with Crippen LogP contribution in [0.1, 0.15) is 30.7 Å². The molecule has 0 aliphatic carbocycles. The van der Waals surface area contributed by atoms with E-state index in [1.54, 1.807) is 54.7 Å². The zero-order chi connectivity index (χ0) is 29.5. The van der Waals surface area contributed by atoms with Gasteiger partial charge in [0.25, 0.3) is 0 Å². The maximum atomic E-state index is 13.7. The number of urea groups is 1. The highest BCUT2D eigenvalue weighted by Crippen LogP contribution is 2.28. The predicted molar refractivity (Wildman–Crippen MR) is 162 cm³/mol. The second kappa shape index (κ2) is 17.1. The van der Waals surface area contributed by atoms with Crippen LogP contribution < -0.4 is 19.5 Å². The quantitative estimate of drug-likeness (QED) is 0.205. The van der Waals surface area contributed by atoms with E-state index >= 15 is 0 Å². The van der Waals surface area contributed by atoms with Crippen molar-refractivity contribution in [3.8, 4) is 17.2 Å². The van der Waals surface area contributed by atoms with Crippen molar-refractivity contribution in [2.75, 3.05) is 59.0 Å². The molecule has 0 fully saturated rings. The lowest BCUT2D eigenvalue weighted by atomic mass is 10.1. The molecule has 1 N–H and O–H groups in total. The van der Waals surface area contributed by atoms with Gasteiger partial charge in [0.1, 0.15) is 12.3 Å². The number of carbonyl (C=O) groups is 2. The van der Waals surface area contributed by atoms with Crippen molar-refractivity contribution in [3.63, 3.8) is 0 Å². The van der Waals surface area contributed by atoms with Crippen molar-refractivity contribution in [2.24, 2.45) is 0 Å². The summed E-state index contributed by atoms with van der Waals surface area (Å²) in [6, 6.07) is 16.6. The Balaban J connectivity index is 1.72. The fraction of sp³-hybridized carbons (Fsp3) is 0.419. The van der Waals surface area contributed by atoms with E-state index in [9.17, 15) is 9.59 Å². The van der Waals surface area contributed by atoms with E-state index < -0.39 is 0 Å². The zero-order valence-electron chi connectivity index (χ0n) is 24.4. The van der Waals surface area contributed by atoms with Crippen molar-refractivity contribution in [1.29, 1.82) is 0 Å². The summed E-state index contributed by atoms with van der Waals surface area (Å²) in [7, 11) is 3.21. The molecule has 9 nitrogen and oxygen atoms in total. The summed E-state index contributed by atoms with van der Waals surface area (Å²) in [6.45, 7) is 6.82. The molecule has 0 unspecified atom stereocenters. The third-order valence-electron chi connectivity index (χ3n) is 6.35. The molecule has 0 atom stereocenters. The molecular weight excluding hydrogens is 542 g/mol. The number of benzene rings is 2. The summed E-state index contributed by atoms with van der Waals surface area (Å²) < 4.78 is 21.8. The number of methoxy groups -OCH3 is 2. The Kier molecular flexibility index (Phi) is 13.3. The van der Waals surface area contributed by atoms with Gasteiger partial charge >= 0.3 is 6.03 Å². The average Bonchev–Trinajstić information content (AvgIpc) is 3.51. The van der Waals surface area contributed by atoms with Gasteiger partial charge < -0.3 is 34.1 Å². The number of carbonyl (C=O) groups excluding carboxylic acids is 2. The molecule has 1 heterocycles. The minimum Gasteiger partial charge on any atom is -0.494 e. The van der Waals surface area contributed by atoms with Gasteiger partial charge in [-0.2, -0.15) is 0 Å². The Bertz CT molecular complexity index is 1200. The molecule has 0 saturated heterocycles. The summed E-state index contributed by atoms with van der Waals surface area (Å²) in [6.07, 6.45) is 1.24. The summed E-state index contributed by atoms with van der Waals surface area (Å²) in [5.41, 5.74) is 1.65. The molecule has 0 saturated carbocycles. The first kappa shape index (κ1) is 31.8. The average molecular weight is 584 g/mol. The minimum absolute atomic E-state index is 0.0493. The number of rotatable bonds is 17. The van der Waals surface area contributed by atoms with Crippen LogP contribution in [0.5, 0.6) is 17.2 Å². The SMILES string of the molecule is CCOCCCN(CC(=O)N(CCc1ccc(OC)c(OC)c1)Cc1cccs1)C(=O)Nc1ccc(OCC)cc1. The molecule has 3 aromatic rings. The third-order valence-corrected chi connectivity index (χ3v) is 7.21. The van der Waals surface area contributed by atoms with Crippen LogP contribution in [0, 0.1) is 0 Å². The van der Waals surface area contributed by atoms with Crippen molar-refractivity contribution in [2.45, 2.75) is 33.2 Å². The molecule has 222 valence electrons. The van der Waals surface area contributed by atoms with Crippen LogP contribution in [0.25, 0.3) is 0 Å². The van der Waals surface area contributed by atoms with Gasteiger partial charge in [-0.05, 0) is 80.1 Å². The van der Waals surface area contributed by atoms with Gasteiger partial charge in [-0.1, -0.05) is 12.1 Å². The maximum Gasteiger partial charge on any atom is 0.322 e. The number of amides is 3. The van der Waals surface area contributed by atoms with Crippen LogP contribution in [-0.2, 0) is 22.5 Å². The van der Waals surface area contributed by atoms with E-state index in [1.807, 2.05) is 54.5 Å². The third kappa shape index (κ3) is 10.3. The topological polar surface area (TPSA) is 89.6 Å². The Morgan fingerprint density at radius 2 is 1.68 bits per heavy atom. The molecule has 0 bridgehead atoms. The van der Waals surface area contributed by atoms with Gasteiger partial charge in [0.15, 0.2) is 11.5 Å². The van der Waals surface area contributed by atoms with Gasteiger partial charge in [0, 0.05) is 36.9 Å². The molecule has 0 aliphatic rings. The van der Waals surface area contributed by atoms with Crippen LogP contribution in [0.15, 0.2) is 60.0 Å². The van der Waals surface area contributed by atoms with Crippen molar-refractivity contribution >= 4 is 29.0 Å². The summed E-state index contributed by atoms with van der Waals surface area (Å²) in [4.78, 5) is 31.5. The molecule has 41 heavy (non-hydrogen) atoms. The number of anilines is 1. The van der Waals surface area contributed by atoms with Crippen molar-refractivity contribution < 1.29 is 28.5 Å². The highest BCUT2D eigenvalue weighted by Gasteiger charge is 2.22. The Morgan fingerprint density at radius 3 is 2.34 bits per heavy atom. The smallest absolute Gasteiger partial charge is 0.322 e. The van der Waals surface area contributed by atoms with Crippen LogP contribution >= 0.6 is 11.3 Å². The van der Waals surface area contributed by atoms with E-state index in [4.69, 9.17) is 18.9 Å². The summed E-state index contributed by atoms with van der Waals surface area (Å²) in [5.74, 6) is 1.90. The van der Waals surface area contributed by atoms with E-state index in [2.05, 4.69) is 5.32 Å². The minimum atomic E-state index is -0.338. The Morgan fingerprint density at radius 1 is 0.902 bits per heavy atom. The highest BCUT2D eigenvalue weighted by atomic mass is 32.1. The summed E-state index contributed by atoms with van der Waals surface area (Å²) in [5, 5.41) is 4.92.